The van der Waals surface area contributed by atoms with E-state index >= 15 is 0 Å². The van der Waals surface area contributed by atoms with E-state index in [1.54, 1.807) is 0 Å². The molecule has 0 aromatic heterocycles. The van der Waals surface area contributed by atoms with Crippen LogP contribution in [0.4, 0.5) is 0 Å². The molecule has 0 rings (SSSR count). The van der Waals surface area contributed by atoms with Gasteiger partial charge in [0, 0.05) is 0 Å². The predicted molar refractivity (Wildman–Crippen MR) is 103 cm³/mol. The Kier molecular flexibility index (Phi) is 68.6. The van der Waals surface area contributed by atoms with Gasteiger partial charge in [0.05, 0.1) is 0 Å². The Morgan fingerprint density at radius 3 is 1.05 bits per heavy atom. The number of unbranched alkanes of at least 4 members (excludes halogenated alkanes) is 2. The van der Waals surface area contributed by atoms with Crippen molar-refractivity contribution >= 4 is 0 Å². The lowest BCUT2D eigenvalue weighted by Crippen LogP contribution is -1.89. The van der Waals surface area contributed by atoms with Crippen LogP contribution in [0, 0.1) is 11.8 Å². The maximum Gasteiger partial charge on any atom is -0.0445 e. The first kappa shape index (κ1) is 32.1. The second kappa shape index (κ2) is 42.8. The van der Waals surface area contributed by atoms with E-state index in [-0.39, 0.29) is 0 Å². The molecule has 1 unspecified atom stereocenters. The lowest BCUT2D eigenvalue weighted by molar-refractivity contribution is 0.492. The largest absolute Gasteiger partial charge is 0.0683 e. The molecule has 0 aromatic rings. The first-order valence-electron chi connectivity index (χ1n) is 9.45. The Bertz CT molecular complexity index is 79.3. The summed E-state index contributed by atoms with van der Waals surface area (Å²) < 4.78 is 0. The van der Waals surface area contributed by atoms with Crippen LogP contribution < -0.4 is 0 Å². The van der Waals surface area contributed by atoms with E-state index in [1.807, 2.05) is 27.7 Å². The zero-order valence-corrected chi connectivity index (χ0v) is 17.4. The van der Waals surface area contributed by atoms with Crippen molar-refractivity contribution in [3.05, 3.63) is 0 Å². The summed E-state index contributed by atoms with van der Waals surface area (Å²) in [5.41, 5.74) is 0. The van der Waals surface area contributed by atoms with Crippen LogP contribution in [0.25, 0.3) is 0 Å². The normalized spacial score (nSPS) is 9.45. The summed E-state index contributed by atoms with van der Waals surface area (Å²) in [6.45, 7) is 25.7. The van der Waals surface area contributed by atoms with Gasteiger partial charge < -0.3 is 0 Å². The molecule has 0 aliphatic heterocycles. The summed E-state index contributed by atoms with van der Waals surface area (Å²) in [7, 11) is 0. The molecule has 20 heavy (non-hydrogen) atoms. The SMILES string of the molecule is CC.CC.CC(C)C.CCCC.CCCCC(C)CC. The molecule has 0 heterocycles. The van der Waals surface area contributed by atoms with Crippen molar-refractivity contribution in [3.63, 3.8) is 0 Å². The predicted octanol–water partition coefficient (Wildman–Crippen LogP) is 8.74. The summed E-state index contributed by atoms with van der Waals surface area (Å²) in [5, 5.41) is 0. The van der Waals surface area contributed by atoms with Crippen molar-refractivity contribution in [1.29, 1.82) is 0 Å². The number of hydrogen-bond acceptors (Lipinski definition) is 0. The van der Waals surface area contributed by atoms with Crippen molar-refractivity contribution in [1.82, 2.24) is 0 Å². The van der Waals surface area contributed by atoms with Crippen LogP contribution in [0.15, 0.2) is 0 Å². The van der Waals surface area contributed by atoms with E-state index in [2.05, 4.69) is 55.4 Å². The minimum absolute atomic E-state index is 0.833. The molecule has 130 valence electrons. The lowest BCUT2D eigenvalue weighted by Gasteiger charge is -2.04. The zero-order chi connectivity index (χ0) is 17.4. The highest BCUT2D eigenvalue weighted by Gasteiger charge is 1.94. The minimum Gasteiger partial charge on any atom is -0.0683 e. The van der Waals surface area contributed by atoms with E-state index in [9.17, 15) is 0 Å². The van der Waals surface area contributed by atoms with Gasteiger partial charge in [-0.25, -0.2) is 0 Å². The first-order valence-corrected chi connectivity index (χ1v) is 9.45. The van der Waals surface area contributed by atoms with E-state index in [0.717, 1.165) is 11.8 Å². The molecule has 0 bridgehead atoms. The van der Waals surface area contributed by atoms with Gasteiger partial charge in [-0.3, -0.25) is 0 Å². The van der Waals surface area contributed by atoms with Gasteiger partial charge in [0.25, 0.3) is 0 Å². The van der Waals surface area contributed by atoms with E-state index in [0.29, 0.717) is 0 Å². The van der Waals surface area contributed by atoms with Crippen molar-refractivity contribution in [3.8, 4) is 0 Å². The highest BCUT2D eigenvalue weighted by molar-refractivity contribution is 4.47. The molecule has 0 aliphatic rings. The Hall–Kier alpha value is 0. The van der Waals surface area contributed by atoms with Gasteiger partial charge in [-0.2, -0.15) is 0 Å². The van der Waals surface area contributed by atoms with Gasteiger partial charge in [0.2, 0.25) is 0 Å². The molecule has 0 aliphatic carbocycles. The van der Waals surface area contributed by atoms with Gasteiger partial charge in [-0.05, 0) is 11.8 Å². The molecule has 0 spiro atoms. The highest BCUT2D eigenvalue weighted by Crippen LogP contribution is 2.09. The molecule has 0 N–H and O–H groups in total. The number of rotatable bonds is 5. The van der Waals surface area contributed by atoms with Crippen molar-refractivity contribution in [2.24, 2.45) is 11.8 Å². The van der Waals surface area contributed by atoms with Crippen LogP contribution in [-0.2, 0) is 0 Å². The molecular formula is C20H50. The molecule has 0 radical (unpaired) electrons. The smallest absolute Gasteiger partial charge is 0.0445 e. The molecule has 0 amide bonds. The molecule has 0 nitrogen and oxygen atoms in total. The number of hydrogen-bond donors (Lipinski definition) is 0. The van der Waals surface area contributed by atoms with Crippen molar-refractivity contribution in [2.75, 3.05) is 0 Å². The third-order valence-electron chi connectivity index (χ3n) is 2.25. The van der Waals surface area contributed by atoms with Crippen LogP contribution in [-0.4, -0.2) is 0 Å². The fourth-order valence-corrected chi connectivity index (χ4v) is 0.757. The molecule has 0 heteroatoms. The Morgan fingerprint density at radius 1 is 0.600 bits per heavy atom. The molecule has 0 saturated heterocycles. The van der Waals surface area contributed by atoms with Gasteiger partial charge in [-0.1, -0.05) is 122 Å². The minimum atomic E-state index is 0.833. The van der Waals surface area contributed by atoms with Crippen LogP contribution in [0.1, 0.15) is 122 Å². The Balaban J connectivity index is -0.0000000535. The maximum atomic E-state index is 2.33. The standard InChI is InChI=1S/C8H18.2C4H10.2C2H6/c1-4-6-7-8(3)5-2;1-4(2)3;1-3-4-2;2*1-2/h8H,4-7H2,1-3H3;4H,1-3H3;3-4H2,1-2H3;2*1-2H3. The second-order valence-corrected chi connectivity index (χ2v) is 5.39. The lowest BCUT2D eigenvalue weighted by atomic mass is 10.0. The zero-order valence-electron chi connectivity index (χ0n) is 17.4. The molecule has 1 atom stereocenters. The first-order chi connectivity index (χ1) is 9.45. The molecular weight excluding hydrogens is 240 g/mol. The Labute approximate surface area is 134 Å². The van der Waals surface area contributed by atoms with Crippen LogP contribution >= 0.6 is 0 Å². The third-order valence-corrected chi connectivity index (χ3v) is 2.25. The molecule has 0 fully saturated rings. The molecule has 0 saturated carbocycles. The monoisotopic (exact) mass is 290 g/mol. The summed E-state index contributed by atoms with van der Waals surface area (Å²) in [6, 6.07) is 0. The average molecular weight is 291 g/mol. The van der Waals surface area contributed by atoms with Crippen molar-refractivity contribution in [2.45, 2.75) is 122 Å². The second-order valence-electron chi connectivity index (χ2n) is 5.39. The summed E-state index contributed by atoms with van der Waals surface area (Å²) in [4.78, 5) is 0. The van der Waals surface area contributed by atoms with Crippen LogP contribution in [0.5, 0.6) is 0 Å². The maximum absolute atomic E-state index is 2.33. The van der Waals surface area contributed by atoms with Gasteiger partial charge in [-0.15, -0.1) is 0 Å². The summed E-state index contributed by atoms with van der Waals surface area (Å²) in [6.07, 6.45) is 8.17. The van der Waals surface area contributed by atoms with Crippen LogP contribution in [0.2, 0.25) is 0 Å². The van der Waals surface area contributed by atoms with Crippen molar-refractivity contribution < 1.29 is 0 Å². The van der Waals surface area contributed by atoms with E-state index < -0.39 is 0 Å². The van der Waals surface area contributed by atoms with Gasteiger partial charge in [0.1, 0.15) is 0 Å². The van der Waals surface area contributed by atoms with Crippen LogP contribution in [0.3, 0.4) is 0 Å². The summed E-state index contributed by atoms with van der Waals surface area (Å²) >= 11 is 0. The Morgan fingerprint density at radius 2 is 0.900 bits per heavy atom. The summed E-state index contributed by atoms with van der Waals surface area (Å²) in [5.74, 6) is 1.79. The fraction of sp³-hybridized carbons (Fsp3) is 1.00. The topological polar surface area (TPSA) is 0 Å². The van der Waals surface area contributed by atoms with E-state index in [4.69, 9.17) is 0 Å². The third kappa shape index (κ3) is 106. The quantitative estimate of drug-likeness (QED) is 0.474. The highest BCUT2D eigenvalue weighted by atomic mass is 14.0. The average Bonchev–Trinajstić information content (AvgIpc) is 2.48. The van der Waals surface area contributed by atoms with Gasteiger partial charge >= 0.3 is 0 Å². The molecule has 0 aromatic carbocycles. The van der Waals surface area contributed by atoms with Gasteiger partial charge in [0.15, 0.2) is 0 Å². The van der Waals surface area contributed by atoms with E-state index in [1.165, 1.54) is 38.5 Å². The fourth-order valence-electron chi connectivity index (χ4n) is 0.757.